The van der Waals surface area contributed by atoms with Gasteiger partial charge in [0.15, 0.2) is 11.5 Å². The minimum Gasteiger partial charge on any atom is -0.508 e. The monoisotopic (exact) mass is 258 g/mol. The van der Waals surface area contributed by atoms with Gasteiger partial charge in [-0.15, -0.1) is 0 Å². The molecular weight excluding hydrogens is 240 g/mol. The Morgan fingerprint density at radius 2 is 1.68 bits per heavy atom. The Labute approximate surface area is 113 Å². The smallest absolute Gasteiger partial charge is 0.169 e. The molecule has 0 saturated carbocycles. The Kier molecular flexibility index (Phi) is 3.38. The highest BCUT2D eigenvalue weighted by atomic mass is 16.5. The lowest BCUT2D eigenvalue weighted by molar-refractivity contribution is 0.405. The molecule has 2 N–H and O–H groups in total. The van der Waals surface area contributed by atoms with E-state index in [1.54, 1.807) is 30.3 Å². The van der Waals surface area contributed by atoms with Crippen molar-refractivity contribution in [2.45, 2.75) is 26.2 Å². The van der Waals surface area contributed by atoms with E-state index in [0.717, 1.165) is 5.56 Å². The van der Waals surface area contributed by atoms with Crippen LogP contribution in [0.3, 0.4) is 0 Å². The van der Waals surface area contributed by atoms with Crippen molar-refractivity contribution in [3.05, 3.63) is 48.0 Å². The molecule has 0 aliphatic rings. The number of hydrogen-bond donors (Lipinski definition) is 2. The van der Waals surface area contributed by atoms with Gasteiger partial charge in [0.1, 0.15) is 11.5 Å². The summed E-state index contributed by atoms with van der Waals surface area (Å²) in [5.41, 5.74) is 1.01. The first kappa shape index (κ1) is 13.3. The number of ether oxygens (including phenoxy) is 1. The summed E-state index contributed by atoms with van der Waals surface area (Å²) in [6, 6.07) is 11.8. The fraction of sp³-hybridized carbons (Fsp3) is 0.250. The van der Waals surface area contributed by atoms with Crippen molar-refractivity contribution in [1.29, 1.82) is 0 Å². The Hall–Kier alpha value is -2.16. The maximum Gasteiger partial charge on any atom is 0.169 e. The topological polar surface area (TPSA) is 49.7 Å². The average molecular weight is 258 g/mol. The van der Waals surface area contributed by atoms with Crippen LogP contribution >= 0.6 is 0 Å². The van der Waals surface area contributed by atoms with Gasteiger partial charge in [-0.3, -0.25) is 0 Å². The maximum absolute atomic E-state index is 10.00. The zero-order valence-corrected chi connectivity index (χ0v) is 11.3. The molecule has 19 heavy (non-hydrogen) atoms. The summed E-state index contributed by atoms with van der Waals surface area (Å²) in [6.45, 7) is 6.24. The molecule has 0 aliphatic carbocycles. The molecule has 0 spiro atoms. The minimum absolute atomic E-state index is 0.0268. The fourth-order valence-electron chi connectivity index (χ4n) is 1.74. The maximum atomic E-state index is 10.00. The molecule has 0 aromatic heterocycles. The first-order valence-electron chi connectivity index (χ1n) is 6.16. The van der Waals surface area contributed by atoms with Gasteiger partial charge in [-0.05, 0) is 35.2 Å². The molecule has 0 bridgehead atoms. The molecule has 0 radical (unpaired) electrons. The van der Waals surface area contributed by atoms with Gasteiger partial charge < -0.3 is 14.9 Å². The molecule has 100 valence electrons. The molecule has 0 amide bonds. The predicted octanol–water partition coefficient (Wildman–Crippen LogP) is 4.19. The largest absolute Gasteiger partial charge is 0.508 e. The van der Waals surface area contributed by atoms with Crippen LogP contribution in [0.15, 0.2) is 42.5 Å². The number of phenolic OH excluding ortho intramolecular Hbond substituents is 2. The number of benzene rings is 2. The number of aromatic hydroxyl groups is 2. The van der Waals surface area contributed by atoms with Crippen molar-refractivity contribution in [2.75, 3.05) is 0 Å². The van der Waals surface area contributed by atoms with E-state index in [0.29, 0.717) is 11.5 Å². The van der Waals surface area contributed by atoms with E-state index in [2.05, 4.69) is 20.8 Å². The molecule has 2 aromatic carbocycles. The second-order valence-electron chi connectivity index (χ2n) is 5.53. The summed E-state index contributed by atoms with van der Waals surface area (Å²) >= 11 is 0. The van der Waals surface area contributed by atoms with E-state index in [-0.39, 0.29) is 16.9 Å². The quantitative estimate of drug-likeness (QED) is 0.849. The van der Waals surface area contributed by atoms with Crippen molar-refractivity contribution in [3.8, 4) is 23.0 Å². The van der Waals surface area contributed by atoms with Gasteiger partial charge in [-0.1, -0.05) is 32.9 Å². The molecule has 0 saturated heterocycles. The molecule has 3 nitrogen and oxygen atoms in total. The third-order valence-corrected chi connectivity index (χ3v) is 2.87. The Bertz CT molecular complexity index is 583. The summed E-state index contributed by atoms with van der Waals surface area (Å²) in [6.07, 6.45) is 0. The second-order valence-corrected chi connectivity index (χ2v) is 5.53. The fourth-order valence-corrected chi connectivity index (χ4v) is 1.74. The van der Waals surface area contributed by atoms with Crippen LogP contribution in [-0.4, -0.2) is 10.2 Å². The third kappa shape index (κ3) is 3.19. The Balaban J connectivity index is 2.27. The van der Waals surface area contributed by atoms with E-state index < -0.39 is 0 Å². The summed E-state index contributed by atoms with van der Waals surface area (Å²) in [5.74, 6) is 1.08. The van der Waals surface area contributed by atoms with Crippen LogP contribution in [0.5, 0.6) is 23.0 Å². The van der Waals surface area contributed by atoms with Crippen LogP contribution in [0, 0.1) is 0 Å². The minimum atomic E-state index is -0.0268. The molecule has 2 rings (SSSR count). The third-order valence-electron chi connectivity index (χ3n) is 2.87. The van der Waals surface area contributed by atoms with Gasteiger partial charge in [-0.25, -0.2) is 0 Å². The lowest BCUT2D eigenvalue weighted by atomic mass is 9.87. The molecule has 0 fully saturated rings. The highest BCUT2D eigenvalue weighted by molar-refractivity contribution is 5.46. The van der Waals surface area contributed by atoms with E-state index in [9.17, 15) is 10.2 Å². The van der Waals surface area contributed by atoms with Gasteiger partial charge in [0, 0.05) is 6.07 Å². The van der Waals surface area contributed by atoms with Gasteiger partial charge in [0.2, 0.25) is 0 Å². The molecule has 0 aliphatic heterocycles. The normalized spacial score (nSPS) is 11.3. The molecule has 0 heterocycles. The number of hydrogen-bond acceptors (Lipinski definition) is 3. The van der Waals surface area contributed by atoms with Gasteiger partial charge in [0.05, 0.1) is 0 Å². The highest BCUT2D eigenvalue weighted by Gasteiger charge is 2.16. The molecule has 3 heteroatoms. The number of rotatable bonds is 2. The van der Waals surface area contributed by atoms with Crippen molar-refractivity contribution in [3.63, 3.8) is 0 Å². The Morgan fingerprint density at radius 1 is 0.947 bits per heavy atom. The van der Waals surface area contributed by atoms with Crippen LogP contribution < -0.4 is 4.74 Å². The van der Waals surface area contributed by atoms with Crippen LogP contribution in [0.1, 0.15) is 26.3 Å². The van der Waals surface area contributed by atoms with Crippen molar-refractivity contribution in [2.24, 2.45) is 0 Å². The van der Waals surface area contributed by atoms with E-state index in [4.69, 9.17) is 4.74 Å². The summed E-state index contributed by atoms with van der Waals surface area (Å²) in [7, 11) is 0. The van der Waals surface area contributed by atoms with Crippen molar-refractivity contribution in [1.82, 2.24) is 0 Å². The van der Waals surface area contributed by atoms with Crippen LogP contribution in [-0.2, 0) is 5.41 Å². The van der Waals surface area contributed by atoms with Crippen LogP contribution in [0.4, 0.5) is 0 Å². The molecule has 2 aromatic rings. The van der Waals surface area contributed by atoms with Crippen molar-refractivity contribution < 1.29 is 14.9 Å². The molecule has 0 atom stereocenters. The zero-order valence-electron chi connectivity index (χ0n) is 11.3. The second kappa shape index (κ2) is 4.84. The summed E-state index contributed by atoms with van der Waals surface area (Å²) in [4.78, 5) is 0. The van der Waals surface area contributed by atoms with E-state index in [1.165, 1.54) is 6.07 Å². The highest BCUT2D eigenvalue weighted by Crippen LogP contribution is 2.35. The van der Waals surface area contributed by atoms with Gasteiger partial charge in [0.25, 0.3) is 0 Å². The zero-order chi connectivity index (χ0) is 14.0. The Morgan fingerprint density at radius 3 is 2.26 bits per heavy atom. The first-order chi connectivity index (χ1) is 8.86. The number of phenols is 2. The molecular formula is C16H18O3. The van der Waals surface area contributed by atoms with Gasteiger partial charge >= 0.3 is 0 Å². The summed E-state index contributed by atoms with van der Waals surface area (Å²) < 4.78 is 5.55. The van der Waals surface area contributed by atoms with Gasteiger partial charge in [-0.2, -0.15) is 0 Å². The lowest BCUT2D eigenvalue weighted by Gasteiger charge is -2.20. The standard InChI is InChI=1S/C16H18O3/c1-16(2,3)11-7-8-15(14(18)9-11)19-13-6-4-5-12(17)10-13/h4-10,17-18H,1-3H3. The molecule has 0 unspecified atom stereocenters. The van der Waals surface area contributed by atoms with Crippen LogP contribution in [0.2, 0.25) is 0 Å². The summed E-state index contributed by atoms with van der Waals surface area (Å²) in [5, 5.41) is 19.4. The van der Waals surface area contributed by atoms with Crippen molar-refractivity contribution >= 4 is 0 Å². The average Bonchev–Trinajstić information content (AvgIpc) is 2.30. The lowest BCUT2D eigenvalue weighted by Crippen LogP contribution is -2.10. The van der Waals surface area contributed by atoms with Crippen LogP contribution in [0.25, 0.3) is 0 Å². The SMILES string of the molecule is CC(C)(C)c1ccc(Oc2cccc(O)c2)c(O)c1. The van der Waals surface area contributed by atoms with E-state index >= 15 is 0 Å². The first-order valence-corrected chi connectivity index (χ1v) is 6.16. The van der Waals surface area contributed by atoms with E-state index in [1.807, 2.05) is 6.07 Å². The predicted molar refractivity (Wildman–Crippen MR) is 75.0 cm³/mol.